The van der Waals surface area contributed by atoms with Gasteiger partial charge < -0.3 is 10.6 Å². The van der Waals surface area contributed by atoms with Crippen molar-refractivity contribution in [2.24, 2.45) is 0 Å². The van der Waals surface area contributed by atoms with Crippen molar-refractivity contribution in [3.05, 3.63) is 84.7 Å². The van der Waals surface area contributed by atoms with Crippen LogP contribution in [0.1, 0.15) is 18.4 Å². The molecule has 1 fully saturated rings. The Balaban J connectivity index is 1.43. The second-order valence-electron chi connectivity index (χ2n) is 9.34. The summed E-state index contributed by atoms with van der Waals surface area (Å²) in [5.74, 6) is 1.47. The van der Waals surface area contributed by atoms with Gasteiger partial charge in [0.1, 0.15) is 23.7 Å². The summed E-state index contributed by atoms with van der Waals surface area (Å²) in [6.07, 6.45) is 3.93. The Kier molecular flexibility index (Phi) is 4.80. The van der Waals surface area contributed by atoms with Gasteiger partial charge in [-0.25, -0.2) is 19.6 Å². The molecule has 4 heterocycles. The van der Waals surface area contributed by atoms with E-state index >= 15 is 0 Å². The van der Waals surface area contributed by atoms with Crippen molar-refractivity contribution in [1.82, 2.24) is 24.7 Å². The monoisotopic (exact) mass is 471 g/mol. The second-order valence-corrected chi connectivity index (χ2v) is 9.34. The van der Waals surface area contributed by atoms with E-state index in [1.54, 1.807) is 0 Å². The number of benzene rings is 3. The van der Waals surface area contributed by atoms with Crippen LogP contribution in [0.4, 0.5) is 11.6 Å². The van der Waals surface area contributed by atoms with Crippen molar-refractivity contribution in [2.75, 3.05) is 23.7 Å². The van der Waals surface area contributed by atoms with E-state index in [0.717, 1.165) is 68.4 Å². The number of para-hydroxylation sites is 1. The number of nitrogens with zero attached hydrogens (tertiary/aromatic N) is 6. The lowest BCUT2D eigenvalue weighted by atomic mass is 10.0. The molecule has 2 N–H and O–H groups in total. The number of hydrogen-bond acceptors (Lipinski definition) is 6. The topological polar surface area (TPSA) is 85.8 Å². The molecule has 0 aliphatic carbocycles. The summed E-state index contributed by atoms with van der Waals surface area (Å²) in [6.45, 7) is 2.65. The van der Waals surface area contributed by atoms with Crippen molar-refractivity contribution < 1.29 is 0 Å². The number of rotatable bonds is 4. The molecular formula is C29H25N7. The Morgan fingerprint density at radius 2 is 1.61 bits per heavy atom. The summed E-state index contributed by atoms with van der Waals surface area (Å²) >= 11 is 0. The van der Waals surface area contributed by atoms with Gasteiger partial charge in [0.15, 0.2) is 5.65 Å². The number of anilines is 2. The van der Waals surface area contributed by atoms with Crippen LogP contribution in [0.3, 0.4) is 0 Å². The van der Waals surface area contributed by atoms with Gasteiger partial charge in [-0.3, -0.25) is 0 Å². The molecule has 0 amide bonds. The summed E-state index contributed by atoms with van der Waals surface area (Å²) in [5, 5.41) is 9.29. The Morgan fingerprint density at radius 1 is 0.833 bits per heavy atom. The quantitative estimate of drug-likeness (QED) is 0.369. The normalized spacial score (nSPS) is 13.8. The zero-order valence-electron chi connectivity index (χ0n) is 19.8. The van der Waals surface area contributed by atoms with Gasteiger partial charge in [0.05, 0.1) is 17.4 Å². The molecule has 0 bridgehead atoms. The Labute approximate surface area is 208 Å². The molecule has 7 heteroatoms. The highest BCUT2D eigenvalue weighted by atomic mass is 15.3. The lowest BCUT2D eigenvalue weighted by molar-refractivity contribution is 0.709. The molecule has 176 valence electrons. The van der Waals surface area contributed by atoms with E-state index in [1.807, 2.05) is 22.9 Å². The van der Waals surface area contributed by atoms with Gasteiger partial charge >= 0.3 is 0 Å². The summed E-state index contributed by atoms with van der Waals surface area (Å²) in [7, 11) is 0. The van der Waals surface area contributed by atoms with E-state index in [-0.39, 0.29) is 0 Å². The molecule has 36 heavy (non-hydrogen) atoms. The predicted octanol–water partition coefficient (Wildman–Crippen LogP) is 5.43. The fourth-order valence-electron chi connectivity index (χ4n) is 5.39. The molecule has 1 saturated heterocycles. The molecular weight excluding hydrogens is 446 g/mol. The number of nitrogens with two attached hydrogens (primary N) is 1. The molecule has 7 rings (SSSR count). The number of pyridine rings is 1. The highest BCUT2D eigenvalue weighted by molar-refractivity contribution is 6.06. The molecule has 0 saturated carbocycles. The second kappa shape index (κ2) is 8.30. The average Bonchev–Trinajstić information content (AvgIpc) is 3.58. The maximum Gasteiger partial charge on any atom is 0.164 e. The fourth-order valence-corrected chi connectivity index (χ4v) is 5.39. The Morgan fingerprint density at radius 3 is 2.50 bits per heavy atom. The molecule has 0 radical (unpaired) electrons. The minimum Gasteiger partial charge on any atom is -0.383 e. The third-order valence-electron chi connectivity index (χ3n) is 7.14. The van der Waals surface area contributed by atoms with Crippen molar-refractivity contribution in [1.29, 1.82) is 0 Å². The average molecular weight is 472 g/mol. The Bertz CT molecular complexity index is 1740. The molecule has 6 aromatic rings. The number of aromatic nitrogens is 5. The van der Waals surface area contributed by atoms with Crippen molar-refractivity contribution in [3.63, 3.8) is 0 Å². The smallest absolute Gasteiger partial charge is 0.164 e. The van der Waals surface area contributed by atoms with Crippen LogP contribution in [0.2, 0.25) is 0 Å². The van der Waals surface area contributed by atoms with Crippen LogP contribution in [0, 0.1) is 0 Å². The SMILES string of the molecule is Nc1ncnc2c1c(-c1cccc3ccccc13)nn2Cc1cc(N2CCCC2)nc2ccccc12. The van der Waals surface area contributed by atoms with E-state index in [9.17, 15) is 0 Å². The zero-order chi connectivity index (χ0) is 24.1. The van der Waals surface area contributed by atoms with Gasteiger partial charge in [-0.1, -0.05) is 60.7 Å². The lowest BCUT2D eigenvalue weighted by Crippen LogP contribution is -2.19. The third-order valence-corrected chi connectivity index (χ3v) is 7.14. The number of hydrogen-bond donors (Lipinski definition) is 1. The molecule has 0 atom stereocenters. The molecule has 0 unspecified atom stereocenters. The van der Waals surface area contributed by atoms with Gasteiger partial charge in [-0.05, 0) is 41.3 Å². The predicted molar refractivity (Wildman–Crippen MR) is 145 cm³/mol. The molecule has 0 spiro atoms. The van der Waals surface area contributed by atoms with Crippen molar-refractivity contribution in [3.8, 4) is 11.3 Å². The molecule has 3 aromatic carbocycles. The van der Waals surface area contributed by atoms with Crippen LogP contribution in [-0.2, 0) is 6.54 Å². The van der Waals surface area contributed by atoms with Crippen LogP contribution < -0.4 is 10.6 Å². The van der Waals surface area contributed by atoms with Gasteiger partial charge in [0.25, 0.3) is 0 Å². The fraction of sp³-hybridized carbons (Fsp3) is 0.172. The van der Waals surface area contributed by atoms with Crippen LogP contribution >= 0.6 is 0 Å². The van der Waals surface area contributed by atoms with E-state index in [4.69, 9.17) is 15.8 Å². The number of nitrogen functional groups attached to an aromatic ring is 1. The first-order valence-corrected chi connectivity index (χ1v) is 12.3. The molecule has 1 aliphatic heterocycles. The minimum absolute atomic E-state index is 0.437. The lowest BCUT2D eigenvalue weighted by Gasteiger charge is -2.19. The van der Waals surface area contributed by atoms with E-state index in [2.05, 4.69) is 69.5 Å². The van der Waals surface area contributed by atoms with Gasteiger partial charge in [-0.15, -0.1) is 0 Å². The van der Waals surface area contributed by atoms with E-state index < -0.39 is 0 Å². The summed E-state index contributed by atoms with van der Waals surface area (Å²) in [6, 6.07) is 25.1. The van der Waals surface area contributed by atoms with Crippen molar-refractivity contribution in [2.45, 2.75) is 19.4 Å². The van der Waals surface area contributed by atoms with E-state index in [1.165, 1.54) is 19.2 Å². The highest BCUT2D eigenvalue weighted by Gasteiger charge is 2.21. The van der Waals surface area contributed by atoms with Crippen LogP contribution in [0.5, 0.6) is 0 Å². The Hall–Kier alpha value is -4.52. The first kappa shape index (κ1) is 20.8. The summed E-state index contributed by atoms with van der Waals surface area (Å²) < 4.78 is 1.96. The van der Waals surface area contributed by atoms with Gasteiger partial charge in [0.2, 0.25) is 0 Å². The highest BCUT2D eigenvalue weighted by Crippen LogP contribution is 2.35. The van der Waals surface area contributed by atoms with Gasteiger partial charge in [-0.2, -0.15) is 5.10 Å². The van der Waals surface area contributed by atoms with E-state index in [0.29, 0.717) is 12.4 Å². The van der Waals surface area contributed by atoms with Crippen LogP contribution in [0.25, 0.3) is 44.0 Å². The molecule has 3 aromatic heterocycles. The maximum atomic E-state index is 6.42. The van der Waals surface area contributed by atoms with Crippen LogP contribution in [0.15, 0.2) is 79.1 Å². The van der Waals surface area contributed by atoms with Gasteiger partial charge in [0, 0.05) is 24.0 Å². The zero-order valence-corrected chi connectivity index (χ0v) is 19.8. The van der Waals surface area contributed by atoms with Crippen molar-refractivity contribution >= 4 is 44.3 Å². The minimum atomic E-state index is 0.437. The maximum absolute atomic E-state index is 6.42. The largest absolute Gasteiger partial charge is 0.383 e. The first-order valence-electron chi connectivity index (χ1n) is 12.3. The first-order chi connectivity index (χ1) is 17.8. The molecule has 1 aliphatic rings. The summed E-state index contributed by atoms with van der Waals surface area (Å²) in [4.78, 5) is 16.3. The summed E-state index contributed by atoms with van der Waals surface area (Å²) in [5.41, 5.74) is 11.1. The van der Waals surface area contributed by atoms with Crippen LogP contribution in [-0.4, -0.2) is 37.8 Å². The third kappa shape index (κ3) is 3.35. The molecule has 7 nitrogen and oxygen atoms in total. The standard InChI is InChI=1S/C29H25N7/c30-28-26-27(23-12-7-9-19-8-1-2-10-21(19)23)34-36(29(26)32-18-31-28)17-20-16-25(35-14-5-6-15-35)33-24-13-4-3-11-22(20)24/h1-4,7-13,16,18H,5-6,14-15,17H2,(H2,30,31,32). The number of fused-ring (bicyclic) bond motifs is 3.